The Bertz CT molecular complexity index is 1070. The molecule has 0 aromatic carbocycles. The molecular formula is C35H56O8. The Morgan fingerprint density at radius 3 is 2.58 bits per heavy atom. The van der Waals surface area contributed by atoms with Crippen LogP contribution >= 0.6 is 0 Å². The van der Waals surface area contributed by atoms with Gasteiger partial charge < -0.3 is 34.6 Å². The van der Waals surface area contributed by atoms with Crippen molar-refractivity contribution in [2.75, 3.05) is 13.2 Å². The lowest BCUT2D eigenvalue weighted by molar-refractivity contribution is -0.285. The Labute approximate surface area is 257 Å². The van der Waals surface area contributed by atoms with Crippen molar-refractivity contribution in [1.29, 1.82) is 0 Å². The standard InChI is InChI=1S/C35H56O8/c1-20(7-8-21(2)33(4,5)43-22(3)37)26-11-12-27-25-10-9-23-17-24(42-32-31(40)30(39)29(38)18-41-32)13-16-35(23,19-36)28(25)14-15-34(26,27)6/h9,20,24-32,36,38-40H,2,7-8,10-19H2,1,3-6H3/t20-,24+,25+,26-,27+,28+,29+,30+,31-,32-,34-,35-/m1/s1. The van der Waals surface area contributed by atoms with E-state index in [0.717, 1.165) is 44.1 Å². The SMILES string of the molecule is C=C(CC[C@@H](C)[C@H]1CC[C@H]2[C@@H]3CC=C4C[C@@H](O[C@H]5OC[C@H](O)[C@H](O)[C@H]5O)CC[C@]4(CO)[C@H]3CC[C@]12C)C(C)(C)OC(C)=O. The molecule has 12 atom stereocenters. The molecule has 0 radical (unpaired) electrons. The molecule has 0 aromatic rings. The van der Waals surface area contributed by atoms with Crippen LogP contribution in [-0.2, 0) is 19.0 Å². The first-order chi connectivity index (χ1) is 20.2. The quantitative estimate of drug-likeness (QED) is 0.221. The van der Waals surface area contributed by atoms with E-state index in [1.807, 2.05) is 13.8 Å². The van der Waals surface area contributed by atoms with E-state index in [1.165, 1.54) is 31.8 Å². The van der Waals surface area contributed by atoms with Crippen LogP contribution in [0.3, 0.4) is 0 Å². The zero-order valence-corrected chi connectivity index (χ0v) is 27.0. The molecule has 0 spiro atoms. The number of hydrogen-bond donors (Lipinski definition) is 4. The normalized spacial score (nSPS) is 43.6. The number of aliphatic hydroxyl groups is 4. The first-order valence-electron chi connectivity index (χ1n) is 16.7. The van der Waals surface area contributed by atoms with E-state index >= 15 is 0 Å². The van der Waals surface area contributed by atoms with E-state index in [-0.39, 0.29) is 36.1 Å². The molecular weight excluding hydrogens is 548 g/mol. The van der Waals surface area contributed by atoms with Crippen molar-refractivity contribution >= 4 is 5.97 Å². The van der Waals surface area contributed by atoms with Crippen molar-refractivity contribution in [3.63, 3.8) is 0 Å². The minimum atomic E-state index is -1.29. The molecule has 0 unspecified atom stereocenters. The molecule has 3 saturated carbocycles. The third-order valence-electron chi connectivity index (χ3n) is 12.8. The second kappa shape index (κ2) is 12.5. The van der Waals surface area contributed by atoms with Gasteiger partial charge in [0, 0.05) is 12.3 Å². The molecule has 244 valence electrons. The number of hydrogen-bond acceptors (Lipinski definition) is 8. The Kier molecular flexibility index (Phi) is 9.60. The summed E-state index contributed by atoms with van der Waals surface area (Å²) < 4.78 is 17.2. The number of carbonyl (C=O) groups excluding carboxylic acids is 1. The van der Waals surface area contributed by atoms with Gasteiger partial charge in [-0.1, -0.05) is 32.1 Å². The molecule has 5 aliphatic rings. The highest BCUT2D eigenvalue weighted by molar-refractivity contribution is 5.66. The van der Waals surface area contributed by atoms with Gasteiger partial charge in [0.1, 0.15) is 23.9 Å². The third kappa shape index (κ3) is 6.01. The van der Waals surface area contributed by atoms with Crippen molar-refractivity contribution < 1.29 is 39.4 Å². The van der Waals surface area contributed by atoms with Crippen molar-refractivity contribution in [3.8, 4) is 0 Å². The van der Waals surface area contributed by atoms with Crippen LogP contribution in [0.5, 0.6) is 0 Å². The Morgan fingerprint density at radius 1 is 1.14 bits per heavy atom. The van der Waals surface area contributed by atoms with Gasteiger partial charge in [0.2, 0.25) is 0 Å². The summed E-state index contributed by atoms with van der Waals surface area (Å²) in [7, 11) is 0. The molecule has 5 rings (SSSR count). The second-order valence-electron chi connectivity index (χ2n) is 15.4. The number of ether oxygens (including phenoxy) is 3. The maximum Gasteiger partial charge on any atom is 0.303 e. The van der Waals surface area contributed by atoms with Crippen LogP contribution in [0.25, 0.3) is 0 Å². The highest BCUT2D eigenvalue weighted by atomic mass is 16.7. The van der Waals surface area contributed by atoms with E-state index in [9.17, 15) is 25.2 Å². The predicted molar refractivity (Wildman–Crippen MR) is 163 cm³/mol. The predicted octanol–water partition coefficient (Wildman–Crippen LogP) is 4.68. The number of allylic oxidation sites excluding steroid dienone is 1. The lowest BCUT2D eigenvalue weighted by atomic mass is 9.46. The summed E-state index contributed by atoms with van der Waals surface area (Å²) in [6.07, 6.45) is 7.65. The van der Waals surface area contributed by atoms with Crippen molar-refractivity contribution in [1.82, 2.24) is 0 Å². The maximum atomic E-state index is 11.6. The summed E-state index contributed by atoms with van der Waals surface area (Å²) in [6, 6.07) is 0. The molecule has 0 aromatic heterocycles. The second-order valence-corrected chi connectivity index (χ2v) is 15.4. The topological polar surface area (TPSA) is 126 Å². The van der Waals surface area contributed by atoms with Gasteiger partial charge in [-0.15, -0.1) is 0 Å². The first kappa shape index (κ1) is 33.1. The van der Waals surface area contributed by atoms with Crippen LogP contribution in [0.1, 0.15) is 98.8 Å². The minimum absolute atomic E-state index is 0.0660. The molecule has 0 bridgehead atoms. The molecule has 8 heteroatoms. The Morgan fingerprint density at radius 2 is 1.88 bits per heavy atom. The van der Waals surface area contributed by atoms with E-state index in [2.05, 4.69) is 26.5 Å². The monoisotopic (exact) mass is 604 g/mol. The average Bonchev–Trinajstić information content (AvgIpc) is 3.32. The molecule has 0 amide bonds. The number of aliphatic hydroxyl groups excluding tert-OH is 4. The van der Waals surface area contributed by atoms with Gasteiger partial charge in [-0.3, -0.25) is 4.79 Å². The van der Waals surface area contributed by atoms with Crippen LogP contribution in [-0.4, -0.2) is 75.9 Å². The van der Waals surface area contributed by atoms with Gasteiger partial charge in [0.05, 0.1) is 19.3 Å². The largest absolute Gasteiger partial charge is 0.455 e. The molecule has 1 saturated heterocycles. The molecule has 4 fully saturated rings. The highest BCUT2D eigenvalue weighted by Gasteiger charge is 2.60. The zero-order valence-electron chi connectivity index (χ0n) is 27.0. The van der Waals surface area contributed by atoms with Crippen LogP contribution < -0.4 is 0 Å². The van der Waals surface area contributed by atoms with Gasteiger partial charge in [-0.25, -0.2) is 0 Å². The maximum absolute atomic E-state index is 11.6. The summed E-state index contributed by atoms with van der Waals surface area (Å²) in [4.78, 5) is 11.6. The van der Waals surface area contributed by atoms with Gasteiger partial charge in [-0.2, -0.15) is 0 Å². The molecule has 4 N–H and O–H groups in total. The summed E-state index contributed by atoms with van der Waals surface area (Å²) in [5.74, 6) is 2.62. The molecule has 1 aliphatic heterocycles. The number of esters is 1. The third-order valence-corrected chi connectivity index (χ3v) is 12.8. The van der Waals surface area contributed by atoms with E-state index in [1.54, 1.807) is 0 Å². The van der Waals surface area contributed by atoms with Crippen molar-refractivity contribution in [3.05, 3.63) is 23.8 Å². The minimum Gasteiger partial charge on any atom is -0.455 e. The molecule has 4 aliphatic carbocycles. The summed E-state index contributed by atoms with van der Waals surface area (Å²) in [5.41, 5.74) is 1.70. The number of fused-ring (bicyclic) bond motifs is 5. The van der Waals surface area contributed by atoms with Gasteiger partial charge >= 0.3 is 5.97 Å². The van der Waals surface area contributed by atoms with Crippen molar-refractivity contribution in [2.45, 2.75) is 135 Å². The summed E-state index contributed by atoms with van der Waals surface area (Å²) >= 11 is 0. The lowest BCUT2D eigenvalue weighted by Crippen LogP contribution is -2.56. The fourth-order valence-corrected chi connectivity index (χ4v) is 10.2. The fraction of sp³-hybridized carbons (Fsp3) is 0.857. The Balaban J connectivity index is 1.24. The Hall–Kier alpha value is -1.29. The van der Waals surface area contributed by atoms with Gasteiger partial charge in [0.25, 0.3) is 0 Å². The smallest absolute Gasteiger partial charge is 0.303 e. The van der Waals surface area contributed by atoms with Gasteiger partial charge in [0.15, 0.2) is 6.29 Å². The molecule has 1 heterocycles. The fourth-order valence-electron chi connectivity index (χ4n) is 10.2. The number of rotatable bonds is 9. The van der Waals surface area contributed by atoms with E-state index in [0.29, 0.717) is 36.0 Å². The van der Waals surface area contributed by atoms with Gasteiger partial charge in [-0.05, 0) is 119 Å². The molecule has 43 heavy (non-hydrogen) atoms. The molecule has 8 nitrogen and oxygen atoms in total. The van der Waals surface area contributed by atoms with Crippen LogP contribution in [0.15, 0.2) is 23.8 Å². The summed E-state index contributed by atoms with van der Waals surface area (Å²) in [6.45, 7) is 14.6. The van der Waals surface area contributed by atoms with Crippen molar-refractivity contribution in [2.24, 2.45) is 40.4 Å². The van der Waals surface area contributed by atoms with E-state index < -0.39 is 30.2 Å². The highest BCUT2D eigenvalue weighted by Crippen LogP contribution is 2.67. The average molecular weight is 605 g/mol. The summed E-state index contributed by atoms with van der Waals surface area (Å²) in [5, 5.41) is 41.2. The number of carbonyl (C=O) groups is 1. The first-order valence-corrected chi connectivity index (χ1v) is 16.7. The lowest BCUT2D eigenvalue weighted by Gasteiger charge is -2.59. The van der Waals surface area contributed by atoms with E-state index in [4.69, 9.17) is 14.2 Å². The van der Waals surface area contributed by atoms with Crippen LogP contribution in [0, 0.1) is 40.4 Å². The van der Waals surface area contributed by atoms with Crippen LogP contribution in [0.2, 0.25) is 0 Å². The van der Waals surface area contributed by atoms with Crippen LogP contribution in [0.4, 0.5) is 0 Å². The zero-order chi connectivity index (χ0) is 31.3.